The summed E-state index contributed by atoms with van der Waals surface area (Å²) in [5.74, 6) is 2.44. The van der Waals surface area contributed by atoms with Crippen molar-refractivity contribution in [1.82, 2.24) is 30.3 Å². The van der Waals surface area contributed by atoms with Crippen molar-refractivity contribution in [3.8, 4) is 0 Å². The van der Waals surface area contributed by atoms with Crippen molar-refractivity contribution < 1.29 is 9.47 Å². The van der Waals surface area contributed by atoms with E-state index in [9.17, 15) is 0 Å². The quantitative estimate of drug-likeness (QED) is 0.332. The maximum absolute atomic E-state index is 5.47. The van der Waals surface area contributed by atoms with Crippen LogP contribution in [0.3, 0.4) is 0 Å². The second-order valence-corrected chi connectivity index (χ2v) is 7.37. The Bertz CT molecular complexity index is 581. The van der Waals surface area contributed by atoms with Gasteiger partial charge in [-0.05, 0) is 19.4 Å². The fourth-order valence-electron chi connectivity index (χ4n) is 3.49. The molecule has 1 atom stereocenters. The molecule has 1 aromatic rings. The second kappa shape index (κ2) is 12.0. The molecular formula is C19H35N7O2. The molecule has 0 aliphatic carbocycles. The lowest BCUT2D eigenvalue weighted by atomic mass is 10.1. The topological polar surface area (TPSA) is 88.8 Å². The Labute approximate surface area is 167 Å². The van der Waals surface area contributed by atoms with Crippen LogP contribution in [0.2, 0.25) is 0 Å². The van der Waals surface area contributed by atoms with Gasteiger partial charge < -0.3 is 24.7 Å². The van der Waals surface area contributed by atoms with Crippen LogP contribution < -0.4 is 10.6 Å². The van der Waals surface area contributed by atoms with Crippen LogP contribution in [0.4, 0.5) is 0 Å². The molecule has 9 heteroatoms. The normalized spacial score (nSPS) is 21.2. The van der Waals surface area contributed by atoms with Gasteiger partial charge in [-0.3, -0.25) is 9.89 Å². The Morgan fingerprint density at radius 1 is 1.18 bits per heavy atom. The van der Waals surface area contributed by atoms with E-state index >= 15 is 0 Å². The highest BCUT2D eigenvalue weighted by molar-refractivity contribution is 5.79. The molecule has 0 aromatic carbocycles. The van der Waals surface area contributed by atoms with Gasteiger partial charge in [0, 0.05) is 58.2 Å². The number of nitrogens with one attached hydrogen (secondary N) is 2. The van der Waals surface area contributed by atoms with E-state index < -0.39 is 0 Å². The zero-order valence-corrected chi connectivity index (χ0v) is 17.1. The molecule has 1 aromatic heterocycles. The fraction of sp³-hybridized carbons (Fsp3) is 0.842. The van der Waals surface area contributed by atoms with Crippen molar-refractivity contribution in [3.05, 3.63) is 12.2 Å². The molecule has 0 saturated carbocycles. The molecule has 2 fully saturated rings. The molecule has 2 aliphatic heterocycles. The lowest BCUT2D eigenvalue weighted by Crippen LogP contribution is -2.42. The lowest BCUT2D eigenvalue weighted by Gasteiger charge is -2.26. The number of hydrogen-bond donors (Lipinski definition) is 2. The van der Waals surface area contributed by atoms with Gasteiger partial charge in [0.2, 0.25) is 0 Å². The highest BCUT2D eigenvalue weighted by Gasteiger charge is 2.15. The molecule has 3 rings (SSSR count). The van der Waals surface area contributed by atoms with Crippen molar-refractivity contribution in [2.75, 3.05) is 65.7 Å². The standard InChI is InChI=1S/C19H35N7O2/c1-2-18-24-23-16-26(18)8-6-21-19(22-14-17-4-11-28-15-17)20-5-3-7-25-9-12-27-13-10-25/h16-17H,2-15H2,1H3,(H2,20,21,22). The first-order valence-corrected chi connectivity index (χ1v) is 10.6. The van der Waals surface area contributed by atoms with Crippen LogP contribution >= 0.6 is 0 Å². The van der Waals surface area contributed by atoms with E-state index in [4.69, 9.17) is 14.5 Å². The highest BCUT2D eigenvalue weighted by Crippen LogP contribution is 2.12. The number of aromatic nitrogens is 3. The summed E-state index contributed by atoms with van der Waals surface area (Å²) in [7, 11) is 0. The predicted molar refractivity (Wildman–Crippen MR) is 109 cm³/mol. The van der Waals surface area contributed by atoms with Crippen LogP contribution in [0.5, 0.6) is 0 Å². The van der Waals surface area contributed by atoms with Gasteiger partial charge in [0.1, 0.15) is 12.2 Å². The summed E-state index contributed by atoms with van der Waals surface area (Å²) in [4.78, 5) is 7.25. The maximum atomic E-state index is 5.47. The van der Waals surface area contributed by atoms with Crippen LogP contribution in [0, 0.1) is 5.92 Å². The van der Waals surface area contributed by atoms with E-state index in [1.165, 1.54) is 0 Å². The first-order valence-electron chi connectivity index (χ1n) is 10.6. The Kier molecular flexibility index (Phi) is 8.99. The number of nitrogens with zero attached hydrogens (tertiary/aromatic N) is 5. The zero-order valence-electron chi connectivity index (χ0n) is 17.1. The van der Waals surface area contributed by atoms with Crippen molar-refractivity contribution >= 4 is 5.96 Å². The number of ether oxygens (including phenoxy) is 2. The van der Waals surface area contributed by atoms with Crippen LogP contribution in [-0.4, -0.2) is 91.3 Å². The van der Waals surface area contributed by atoms with E-state index in [0.717, 1.165) is 103 Å². The van der Waals surface area contributed by atoms with Crippen molar-refractivity contribution in [1.29, 1.82) is 0 Å². The number of rotatable bonds is 10. The number of morpholine rings is 1. The third-order valence-corrected chi connectivity index (χ3v) is 5.24. The van der Waals surface area contributed by atoms with Gasteiger partial charge in [0.15, 0.2) is 5.96 Å². The first kappa shape index (κ1) is 21.0. The third-order valence-electron chi connectivity index (χ3n) is 5.24. The SMILES string of the molecule is CCc1nncn1CCNC(=NCC1CCOC1)NCCCN1CCOCC1. The van der Waals surface area contributed by atoms with E-state index in [0.29, 0.717) is 5.92 Å². The molecule has 0 amide bonds. The molecule has 0 radical (unpaired) electrons. The number of hydrogen-bond acceptors (Lipinski definition) is 6. The third kappa shape index (κ3) is 7.03. The van der Waals surface area contributed by atoms with Crippen molar-refractivity contribution in [3.63, 3.8) is 0 Å². The van der Waals surface area contributed by atoms with Crippen molar-refractivity contribution in [2.45, 2.75) is 32.7 Å². The van der Waals surface area contributed by atoms with Gasteiger partial charge >= 0.3 is 0 Å². The van der Waals surface area contributed by atoms with Crippen LogP contribution in [0.25, 0.3) is 0 Å². The molecule has 3 heterocycles. The minimum absolute atomic E-state index is 0.538. The summed E-state index contributed by atoms with van der Waals surface area (Å²) in [5.41, 5.74) is 0. The van der Waals surface area contributed by atoms with E-state index in [1.54, 1.807) is 6.33 Å². The van der Waals surface area contributed by atoms with Gasteiger partial charge in [-0.15, -0.1) is 10.2 Å². The van der Waals surface area contributed by atoms with Gasteiger partial charge in [0.05, 0.1) is 19.8 Å². The summed E-state index contributed by atoms with van der Waals surface area (Å²) in [6, 6.07) is 0. The zero-order chi connectivity index (χ0) is 19.4. The maximum Gasteiger partial charge on any atom is 0.191 e. The molecule has 2 saturated heterocycles. The molecule has 158 valence electrons. The van der Waals surface area contributed by atoms with Crippen LogP contribution in [0.15, 0.2) is 11.3 Å². The van der Waals surface area contributed by atoms with E-state index in [1.807, 2.05) is 0 Å². The second-order valence-electron chi connectivity index (χ2n) is 7.37. The monoisotopic (exact) mass is 393 g/mol. The highest BCUT2D eigenvalue weighted by atomic mass is 16.5. The molecule has 1 unspecified atom stereocenters. The number of guanidine groups is 1. The largest absolute Gasteiger partial charge is 0.381 e. The van der Waals surface area contributed by atoms with Crippen LogP contribution in [-0.2, 0) is 22.4 Å². The Morgan fingerprint density at radius 3 is 2.82 bits per heavy atom. The molecule has 2 N–H and O–H groups in total. The minimum atomic E-state index is 0.538. The average molecular weight is 394 g/mol. The molecular weight excluding hydrogens is 358 g/mol. The van der Waals surface area contributed by atoms with Gasteiger partial charge in [0.25, 0.3) is 0 Å². The molecule has 2 aliphatic rings. The predicted octanol–water partition coefficient (Wildman–Crippen LogP) is 0.135. The van der Waals surface area contributed by atoms with Gasteiger partial charge in [-0.25, -0.2) is 0 Å². The smallest absolute Gasteiger partial charge is 0.191 e. The summed E-state index contributed by atoms with van der Waals surface area (Å²) >= 11 is 0. The Balaban J connectivity index is 1.41. The van der Waals surface area contributed by atoms with E-state index in [-0.39, 0.29) is 0 Å². The van der Waals surface area contributed by atoms with E-state index in [2.05, 4.69) is 37.2 Å². The van der Waals surface area contributed by atoms with Gasteiger partial charge in [-0.2, -0.15) is 0 Å². The Hall–Kier alpha value is -1.71. The summed E-state index contributed by atoms with van der Waals surface area (Å²) in [6.07, 6.45) is 4.89. The summed E-state index contributed by atoms with van der Waals surface area (Å²) in [6.45, 7) is 12.0. The van der Waals surface area contributed by atoms with Crippen molar-refractivity contribution in [2.24, 2.45) is 10.9 Å². The molecule has 9 nitrogen and oxygen atoms in total. The fourth-order valence-corrected chi connectivity index (χ4v) is 3.49. The Morgan fingerprint density at radius 2 is 2.04 bits per heavy atom. The number of aryl methyl sites for hydroxylation is 1. The molecule has 0 bridgehead atoms. The van der Waals surface area contributed by atoms with Crippen LogP contribution in [0.1, 0.15) is 25.6 Å². The summed E-state index contributed by atoms with van der Waals surface area (Å²) in [5, 5.41) is 15.1. The minimum Gasteiger partial charge on any atom is -0.381 e. The lowest BCUT2D eigenvalue weighted by molar-refractivity contribution is 0.0376. The molecule has 0 spiro atoms. The number of aliphatic imine (C=N–C) groups is 1. The average Bonchev–Trinajstić information content (AvgIpc) is 3.41. The summed E-state index contributed by atoms with van der Waals surface area (Å²) < 4.78 is 13.0. The molecule has 28 heavy (non-hydrogen) atoms. The first-order chi connectivity index (χ1) is 13.8. The van der Waals surface area contributed by atoms with Gasteiger partial charge in [-0.1, -0.05) is 6.92 Å².